The Hall–Kier alpha value is -0.870. The zero-order valence-electron chi connectivity index (χ0n) is 9.36. The Balaban J connectivity index is 1.71. The third kappa shape index (κ3) is 2.58. The van der Waals surface area contributed by atoms with Crippen LogP contribution >= 0.6 is 0 Å². The molecule has 4 nitrogen and oxygen atoms in total. The number of rotatable bonds is 5. The summed E-state index contributed by atoms with van der Waals surface area (Å²) in [5.74, 6) is 1.01. The van der Waals surface area contributed by atoms with E-state index in [-0.39, 0.29) is 0 Å². The maximum Gasteiger partial charge on any atom is 0.122 e. The van der Waals surface area contributed by atoms with Gasteiger partial charge < -0.3 is 15.0 Å². The molecule has 1 aromatic rings. The highest BCUT2D eigenvalue weighted by Crippen LogP contribution is 2.25. The maximum absolute atomic E-state index is 5.52. The molecule has 2 N–H and O–H groups in total. The van der Waals surface area contributed by atoms with Crippen LogP contribution in [-0.4, -0.2) is 28.7 Å². The van der Waals surface area contributed by atoms with Gasteiger partial charge in [0.15, 0.2) is 0 Å². The number of aromatic amines is 1. The first-order valence-corrected chi connectivity index (χ1v) is 5.66. The second-order valence-electron chi connectivity index (χ2n) is 4.11. The van der Waals surface area contributed by atoms with Crippen molar-refractivity contribution in [3.63, 3.8) is 0 Å². The summed E-state index contributed by atoms with van der Waals surface area (Å²) in [4.78, 5) is 7.36. The van der Waals surface area contributed by atoms with Crippen LogP contribution in [-0.2, 0) is 4.74 Å². The van der Waals surface area contributed by atoms with Crippen molar-refractivity contribution in [1.29, 1.82) is 0 Å². The Morgan fingerprint density at radius 3 is 3.07 bits per heavy atom. The van der Waals surface area contributed by atoms with Gasteiger partial charge in [0, 0.05) is 25.0 Å². The van der Waals surface area contributed by atoms with E-state index in [9.17, 15) is 0 Å². The molecule has 1 heterocycles. The first-order valence-electron chi connectivity index (χ1n) is 5.66. The Morgan fingerprint density at radius 1 is 1.67 bits per heavy atom. The minimum absolute atomic E-state index is 0.299. The molecule has 1 aliphatic carbocycles. The van der Waals surface area contributed by atoms with Crippen LogP contribution in [0.4, 0.5) is 0 Å². The number of hydrogen-bond donors (Lipinski definition) is 2. The smallest absolute Gasteiger partial charge is 0.122 e. The number of nitrogens with zero attached hydrogens (tertiary/aromatic N) is 1. The molecule has 1 atom stereocenters. The van der Waals surface area contributed by atoms with Crippen LogP contribution in [0.25, 0.3) is 0 Å². The molecule has 84 valence electrons. The van der Waals surface area contributed by atoms with Gasteiger partial charge in [-0.3, -0.25) is 0 Å². The van der Waals surface area contributed by atoms with Gasteiger partial charge in [0.25, 0.3) is 0 Å². The monoisotopic (exact) mass is 209 g/mol. The molecule has 1 aromatic heterocycles. The average Bonchev–Trinajstić information content (AvgIpc) is 2.67. The molecule has 4 heteroatoms. The molecule has 1 aliphatic rings. The molecule has 1 saturated carbocycles. The molecule has 1 unspecified atom stereocenters. The molecule has 2 rings (SSSR count). The predicted octanol–water partition coefficient (Wildman–Crippen LogP) is 1.63. The summed E-state index contributed by atoms with van der Waals surface area (Å²) in [6, 6.07) is 0.884. The minimum Gasteiger partial charge on any atom is -0.378 e. The number of hydrogen-bond acceptors (Lipinski definition) is 3. The molecule has 0 amide bonds. The van der Waals surface area contributed by atoms with Gasteiger partial charge >= 0.3 is 0 Å². The number of imidazole rings is 1. The normalized spacial score (nSPS) is 27.3. The molecular formula is C11H19N3O. The molecule has 0 radical (unpaired) electrons. The van der Waals surface area contributed by atoms with E-state index >= 15 is 0 Å². The average molecular weight is 209 g/mol. The summed E-state index contributed by atoms with van der Waals surface area (Å²) < 4.78 is 5.52. The summed E-state index contributed by atoms with van der Waals surface area (Å²) in [6.45, 7) is 5.00. The molecule has 0 bridgehead atoms. The van der Waals surface area contributed by atoms with Gasteiger partial charge in [0.2, 0.25) is 0 Å². The summed E-state index contributed by atoms with van der Waals surface area (Å²) in [6.07, 6.45) is 6.36. The van der Waals surface area contributed by atoms with Crippen LogP contribution in [0.15, 0.2) is 12.4 Å². The van der Waals surface area contributed by atoms with Crippen LogP contribution in [0.3, 0.4) is 0 Å². The third-order valence-corrected chi connectivity index (χ3v) is 2.91. The summed E-state index contributed by atoms with van der Waals surface area (Å²) >= 11 is 0. The number of ether oxygens (including phenoxy) is 1. The van der Waals surface area contributed by atoms with Crippen LogP contribution in [0.2, 0.25) is 0 Å². The number of nitrogens with one attached hydrogen (secondary N) is 2. The fourth-order valence-electron chi connectivity index (χ4n) is 2.02. The first-order chi connectivity index (χ1) is 7.29. The van der Waals surface area contributed by atoms with Crippen molar-refractivity contribution in [2.24, 2.45) is 0 Å². The van der Waals surface area contributed by atoms with Gasteiger partial charge in [0.05, 0.1) is 12.1 Å². The molecular weight excluding hydrogens is 190 g/mol. The summed E-state index contributed by atoms with van der Waals surface area (Å²) in [5.41, 5.74) is 0. The lowest BCUT2D eigenvalue weighted by atomic mass is 9.88. The highest BCUT2D eigenvalue weighted by Gasteiger charge is 2.30. The summed E-state index contributed by atoms with van der Waals surface area (Å²) in [5, 5.41) is 3.53. The van der Waals surface area contributed by atoms with E-state index in [1.165, 1.54) is 0 Å². The molecule has 0 aliphatic heterocycles. The molecule has 15 heavy (non-hydrogen) atoms. The zero-order chi connectivity index (χ0) is 10.7. The van der Waals surface area contributed by atoms with Crippen molar-refractivity contribution in [1.82, 2.24) is 15.3 Å². The molecule has 0 saturated heterocycles. The van der Waals surface area contributed by atoms with Crippen molar-refractivity contribution in [2.75, 3.05) is 6.61 Å². The second-order valence-corrected chi connectivity index (χ2v) is 4.11. The lowest BCUT2D eigenvalue weighted by Crippen LogP contribution is -2.46. The third-order valence-electron chi connectivity index (χ3n) is 2.91. The fraction of sp³-hybridized carbons (Fsp3) is 0.727. The van der Waals surface area contributed by atoms with E-state index in [4.69, 9.17) is 4.74 Å². The van der Waals surface area contributed by atoms with Gasteiger partial charge in [-0.05, 0) is 26.7 Å². The highest BCUT2D eigenvalue weighted by molar-refractivity contribution is 4.97. The quantitative estimate of drug-likeness (QED) is 0.775. The summed E-state index contributed by atoms with van der Waals surface area (Å²) in [7, 11) is 0. The number of H-pyrrole nitrogens is 1. The van der Waals surface area contributed by atoms with E-state index in [1.54, 1.807) is 6.20 Å². The molecule has 1 fully saturated rings. The Kier molecular flexibility index (Phi) is 3.38. The van der Waals surface area contributed by atoms with Crippen LogP contribution in [0.5, 0.6) is 0 Å². The Labute approximate surface area is 90.4 Å². The van der Waals surface area contributed by atoms with Crippen molar-refractivity contribution in [3.05, 3.63) is 18.2 Å². The fourth-order valence-corrected chi connectivity index (χ4v) is 2.02. The minimum atomic E-state index is 0.299. The Morgan fingerprint density at radius 2 is 2.47 bits per heavy atom. The molecule has 0 spiro atoms. The van der Waals surface area contributed by atoms with E-state index in [0.29, 0.717) is 18.2 Å². The van der Waals surface area contributed by atoms with Crippen LogP contribution in [0.1, 0.15) is 38.6 Å². The van der Waals surface area contributed by atoms with Crippen molar-refractivity contribution in [2.45, 2.75) is 44.9 Å². The van der Waals surface area contributed by atoms with Crippen molar-refractivity contribution in [3.8, 4) is 0 Å². The van der Waals surface area contributed by atoms with Crippen LogP contribution in [0, 0.1) is 0 Å². The van der Waals surface area contributed by atoms with Gasteiger partial charge in [-0.2, -0.15) is 0 Å². The lowest BCUT2D eigenvalue weighted by Gasteiger charge is -2.37. The van der Waals surface area contributed by atoms with E-state index in [0.717, 1.165) is 25.3 Å². The van der Waals surface area contributed by atoms with Gasteiger partial charge in [-0.1, -0.05) is 0 Å². The molecule has 0 aromatic carbocycles. The zero-order valence-corrected chi connectivity index (χ0v) is 9.36. The van der Waals surface area contributed by atoms with Crippen molar-refractivity contribution < 1.29 is 4.74 Å². The van der Waals surface area contributed by atoms with E-state index in [1.807, 2.05) is 13.1 Å². The standard InChI is InChI=1S/C11H19N3O/c1-3-15-10-6-9(7-10)14-8(2)11-12-4-5-13-11/h4-5,8-10,14H,3,6-7H2,1-2H3,(H,12,13). The van der Waals surface area contributed by atoms with Gasteiger partial charge in [-0.15, -0.1) is 0 Å². The van der Waals surface area contributed by atoms with Crippen LogP contribution < -0.4 is 5.32 Å². The van der Waals surface area contributed by atoms with Gasteiger partial charge in [-0.25, -0.2) is 4.98 Å². The highest BCUT2D eigenvalue weighted by atomic mass is 16.5. The van der Waals surface area contributed by atoms with Gasteiger partial charge in [0.1, 0.15) is 5.82 Å². The largest absolute Gasteiger partial charge is 0.378 e. The Bertz CT molecular complexity index is 280. The topological polar surface area (TPSA) is 49.9 Å². The second kappa shape index (κ2) is 4.77. The van der Waals surface area contributed by atoms with E-state index < -0.39 is 0 Å². The van der Waals surface area contributed by atoms with E-state index in [2.05, 4.69) is 22.2 Å². The van der Waals surface area contributed by atoms with Crippen molar-refractivity contribution >= 4 is 0 Å². The predicted molar refractivity (Wildman–Crippen MR) is 58.6 cm³/mol. The lowest BCUT2D eigenvalue weighted by molar-refractivity contribution is -0.0122. The maximum atomic E-state index is 5.52. The number of aromatic nitrogens is 2. The SMILES string of the molecule is CCOC1CC(NC(C)c2ncc[nH]2)C1. The first kappa shape index (κ1) is 10.6.